The van der Waals surface area contributed by atoms with Gasteiger partial charge in [0.05, 0.1) is 18.9 Å². The number of anilines is 1. The molecule has 0 fully saturated rings. The first-order valence-electron chi connectivity index (χ1n) is 8.52. The number of carbonyl (C=O) groups excluding carboxylic acids is 1. The number of hydrogen-bond acceptors (Lipinski definition) is 8. The van der Waals surface area contributed by atoms with Crippen molar-refractivity contribution >= 4 is 21.9 Å². The van der Waals surface area contributed by atoms with Gasteiger partial charge < -0.3 is 24.7 Å². The summed E-state index contributed by atoms with van der Waals surface area (Å²) in [6.45, 7) is -0.266. The number of halogens is 2. The Morgan fingerprint density at radius 3 is 2.47 bits per heavy atom. The Bertz CT molecular complexity index is 963. The summed E-state index contributed by atoms with van der Waals surface area (Å²) in [5.41, 5.74) is -0.217. The van der Waals surface area contributed by atoms with Gasteiger partial charge in [0.2, 0.25) is 10.0 Å². The van der Waals surface area contributed by atoms with E-state index in [-0.39, 0.29) is 24.3 Å². The maximum absolute atomic E-state index is 13.5. The number of methoxy groups -OCH3 is 1. The normalized spacial score (nSPS) is 14.7. The number of ether oxygens (including phenoxy) is 1. The van der Waals surface area contributed by atoms with E-state index in [2.05, 4.69) is 10.3 Å². The number of oxazole rings is 1. The lowest BCUT2D eigenvalue weighted by Crippen LogP contribution is -2.51. The third kappa shape index (κ3) is 7.02. The second kappa shape index (κ2) is 9.93. The second-order valence-corrected chi connectivity index (χ2v) is 8.24. The lowest BCUT2D eigenvalue weighted by Gasteiger charge is -2.27. The molecule has 1 heterocycles. The average molecular weight is 449 g/mol. The van der Waals surface area contributed by atoms with Gasteiger partial charge >= 0.3 is 6.01 Å². The molecular weight excluding hydrogens is 428 g/mol. The highest BCUT2D eigenvalue weighted by Crippen LogP contribution is 2.15. The van der Waals surface area contributed by atoms with E-state index in [0.29, 0.717) is 6.07 Å². The first kappa shape index (κ1) is 23.7. The number of hydrogen-bond donors (Lipinski definition) is 4. The molecule has 0 spiro atoms. The standard InChI is InChI=1S/C17H21F2N3O7S/c1-28-8-14(23)15(24)12(5-9-3-10(18)6-11(19)4-9)20-16(25)13-7-29-17(21-13)22-30(2,26)27/h3-4,6-7,12,14-15,23-24H,5,8H2,1-2H3,(H,20,25)(H,21,22). The van der Waals surface area contributed by atoms with E-state index >= 15 is 0 Å². The Morgan fingerprint density at radius 1 is 1.27 bits per heavy atom. The van der Waals surface area contributed by atoms with Crippen molar-refractivity contribution in [3.05, 3.63) is 47.4 Å². The number of carbonyl (C=O) groups is 1. The number of aliphatic hydroxyl groups excluding tert-OH is 2. The molecule has 0 saturated carbocycles. The number of aromatic nitrogens is 1. The smallest absolute Gasteiger partial charge is 0.309 e. The van der Waals surface area contributed by atoms with E-state index in [1.165, 1.54) is 7.11 Å². The highest BCUT2D eigenvalue weighted by Gasteiger charge is 2.29. The highest BCUT2D eigenvalue weighted by molar-refractivity contribution is 7.91. The summed E-state index contributed by atoms with van der Waals surface area (Å²) in [4.78, 5) is 16.1. The fourth-order valence-electron chi connectivity index (χ4n) is 2.60. The van der Waals surface area contributed by atoms with E-state index < -0.39 is 51.8 Å². The minimum atomic E-state index is -3.69. The molecule has 30 heavy (non-hydrogen) atoms. The van der Waals surface area contributed by atoms with Gasteiger partial charge in [-0.3, -0.25) is 4.79 Å². The maximum Gasteiger partial charge on any atom is 0.309 e. The zero-order valence-corrected chi connectivity index (χ0v) is 16.8. The van der Waals surface area contributed by atoms with E-state index in [0.717, 1.165) is 24.7 Å². The van der Waals surface area contributed by atoms with Crippen LogP contribution in [0.5, 0.6) is 0 Å². The topological polar surface area (TPSA) is 151 Å². The van der Waals surface area contributed by atoms with Crippen molar-refractivity contribution in [2.24, 2.45) is 0 Å². The van der Waals surface area contributed by atoms with Gasteiger partial charge in [0, 0.05) is 13.2 Å². The summed E-state index contributed by atoms with van der Waals surface area (Å²) in [6.07, 6.45) is -1.49. The van der Waals surface area contributed by atoms with E-state index in [1.54, 1.807) is 0 Å². The number of nitrogens with one attached hydrogen (secondary N) is 2. The van der Waals surface area contributed by atoms with E-state index in [4.69, 9.17) is 9.15 Å². The molecule has 3 atom stereocenters. The van der Waals surface area contributed by atoms with Gasteiger partial charge in [0.15, 0.2) is 5.69 Å². The lowest BCUT2D eigenvalue weighted by atomic mass is 9.97. The van der Waals surface area contributed by atoms with Crippen LogP contribution < -0.4 is 10.0 Å². The molecule has 2 aromatic rings. The van der Waals surface area contributed by atoms with Crippen LogP contribution in [-0.4, -0.2) is 67.7 Å². The Morgan fingerprint density at radius 2 is 1.90 bits per heavy atom. The van der Waals surface area contributed by atoms with Crippen molar-refractivity contribution in [1.82, 2.24) is 10.3 Å². The predicted molar refractivity (Wildman–Crippen MR) is 100 cm³/mol. The summed E-state index contributed by atoms with van der Waals surface area (Å²) < 4.78 is 60.9. The number of benzene rings is 1. The lowest BCUT2D eigenvalue weighted by molar-refractivity contribution is -0.0407. The third-order valence-electron chi connectivity index (χ3n) is 3.85. The molecular formula is C17H21F2N3O7S. The van der Waals surface area contributed by atoms with Gasteiger partial charge in [-0.2, -0.15) is 4.98 Å². The molecule has 166 valence electrons. The van der Waals surface area contributed by atoms with Crippen LogP contribution in [0.2, 0.25) is 0 Å². The van der Waals surface area contributed by atoms with Crippen LogP contribution >= 0.6 is 0 Å². The highest BCUT2D eigenvalue weighted by atomic mass is 32.2. The van der Waals surface area contributed by atoms with Crippen LogP contribution in [0.3, 0.4) is 0 Å². The van der Waals surface area contributed by atoms with Gasteiger partial charge in [-0.1, -0.05) is 0 Å². The quantitative estimate of drug-likeness (QED) is 0.397. The van der Waals surface area contributed by atoms with Crippen molar-refractivity contribution in [3.8, 4) is 0 Å². The third-order valence-corrected chi connectivity index (χ3v) is 4.39. The molecule has 0 aliphatic carbocycles. The minimum Gasteiger partial charge on any atom is -0.431 e. The molecule has 0 aliphatic rings. The van der Waals surface area contributed by atoms with Crippen LogP contribution in [0.25, 0.3) is 0 Å². The summed E-state index contributed by atoms with van der Waals surface area (Å²) in [5.74, 6) is -2.59. The monoisotopic (exact) mass is 449 g/mol. The molecule has 0 bridgehead atoms. The van der Waals surface area contributed by atoms with Crippen LogP contribution in [0, 0.1) is 11.6 Å². The molecule has 0 radical (unpaired) electrons. The fourth-order valence-corrected chi connectivity index (χ4v) is 3.01. The number of sulfonamides is 1. The molecule has 10 nitrogen and oxygen atoms in total. The SMILES string of the molecule is COCC(O)C(O)C(Cc1cc(F)cc(F)c1)NC(=O)c1coc(NS(C)(=O)=O)n1. The molecule has 1 amide bonds. The number of amides is 1. The van der Waals surface area contributed by atoms with Gasteiger partial charge in [0.25, 0.3) is 5.91 Å². The Hall–Kier alpha value is -2.61. The summed E-state index contributed by atoms with van der Waals surface area (Å²) in [7, 11) is -2.40. The number of nitrogens with zero attached hydrogens (tertiary/aromatic N) is 1. The Balaban J connectivity index is 2.22. The second-order valence-electron chi connectivity index (χ2n) is 6.49. The zero-order chi connectivity index (χ0) is 22.5. The molecule has 0 saturated heterocycles. The molecule has 1 aromatic heterocycles. The predicted octanol–water partition coefficient (Wildman–Crippen LogP) is 0.0336. The Labute approximate surface area is 170 Å². The van der Waals surface area contributed by atoms with Crippen molar-refractivity contribution < 1.29 is 41.4 Å². The van der Waals surface area contributed by atoms with Crippen LogP contribution in [0.1, 0.15) is 16.1 Å². The van der Waals surface area contributed by atoms with Crippen LogP contribution in [-0.2, 0) is 21.2 Å². The molecule has 0 aliphatic heterocycles. The number of rotatable bonds is 10. The van der Waals surface area contributed by atoms with Gasteiger partial charge in [0.1, 0.15) is 30.1 Å². The van der Waals surface area contributed by atoms with E-state index in [1.807, 2.05) is 4.72 Å². The van der Waals surface area contributed by atoms with Crippen molar-refractivity contribution in [2.45, 2.75) is 24.7 Å². The summed E-state index contributed by atoms with van der Waals surface area (Å²) in [5, 5.41) is 22.8. The van der Waals surface area contributed by atoms with Gasteiger partial charge in [-0.15, -0.1) is 0 Å². The first-order chi connectivity index (χ1) is 14.0. The zero-order valence-electron chi connectivity index (χ0n) is 16.0. The molecule has 4 N–H and O–H groups in total. The average Bonchev–Trinajstić information content (AvgIpc) is 3.06. The fraction of sp³-hybridized carbons (Fsp3) is 0.412. The van der Waals surface area contributed by atoms with Crippen molar-refractivity contribution in [3.63, 3.8) is 0 Å². The molecule has 1 aromatic carbocycles. The van der Waals surface area contributed by atoms with Crippen molar-refractivity contribution in [1.29, 1.82) is 0 Å². The maximum atomic E-state index is 13.5. The minimum absolute atomic E-state index is 0.112. The summed E-state index contributed by atoms with van der Waals surface area (Å²) in [6, 6.07) is 1.04. The Kier molecular flexibility index (Phi) is 7.83. The summed E-state index contributed by atoms with van der Waals surface area (Å²) >= 11 is 0. The van der Waals surface area contributed by atoms with Gasteiger partial charge in [-0.25, -0.2) is 21.9 Å². The molecule has 2 rings (SSSR count). The largest absolute Gasteiger partial charge is 0.431 e. The van der Waals surface area contributed by atoms with Gasteiger partial charge in [-0.05, 0) is 24.1 Å². The van der Waals surface area contributed by atoms with E-state index in [9.17, 15) is 32.2 Å². The van der Waals surface area contributed by atoms with Crippen molar-refractivity contribution in [2.75, 3.05) is 24.7 Å². The van der Waals surface area contributed by atoms with Crippen LogP contribution in [0.15, 0.2) is 28.9 Å². The first-order valence-corrected chi connectivity index (χ1v) is 10.4. The number of aliphatic hydroxyl groups is 2. The molecule has 3 unspecified atom stereocenters. The van der Waals surface area contributed by atoms with Crippen LogP contribution in [0.4, 0.5) is 14.8 Å². The molecule has 13 heteroatoms.